The van der Waals surface area contributed by atoms with E-state index in [0.717, 1.165) is 70.2 Å². The molecule has 0 bridgehead atoms. The summed E-state index contributed by atoms with van der Waals surface area (Å²) < 4.78 is 13.2. The van der Waals surface area contributed by atoms with Crippen molar-refractivity contribution in [3.05, 3.63) is 34.6 Å². The molecule has 1 aromatic carbocycles. The Balaban J connectivity index is 1.53. The van der Waals surface area contributed by atoms with Crippen molar-refractivity contribution in [1.82, 2.24) is 20.0 Å². The average molecular weight is 438 g/mol. The number of nitrogens with zero attached hydrogens (tertiary/aromatic N) is 4. The van der Waals surface area contributed by atoms with E-state index < -0.39 is 0 Å². The van der Waals surface area contributed by atoms with Gasteiger partial charge >= 0.3 is 0 Å². The van der Waals surface area contributed by atoms with Crippen LogP contribution >= 0.6 is 11.6 Å². The van der Waals surface area contributed by atoms with Crippen LogP contribution in [0.25, 0.3) is 0 Å². The summed E-state index contributed by atoms with van der Waals surface area (Å²) in [7, 11) is 0. The third kappa shape index (κ3) is 5.85. The summed E-state index contributed by atoms with van der Waals surface area (Å²) in [4.78, 5) is 24.0. The highest BCUT2D eigenvalue weighted by atomic mass is 35.5. The van der Waals surface area contributed by atoms with Crippen LogP contribution in [0.1, 0.15) is 32.3 Å². The van der Waals surface area contributed by atoms with Gasteiger partial charge in [-0.05, 0) is 50.8 Å². The number of guanidine groups is 1. The molecule has 1 amide bonds. The number of carbonyl (C=O) groups is 1. The molecular weight excluding hydrogens is 405 g/mol. The molecular formula is C22H33ClFN5O. The molecule has 3 rings (SSSR count). The predicted molar refractivity (Wildman–Crippen MR) is 120 cm³/mol. The first kappa shape index (κ1) is 22.8. The summed E-state index contributed by atoms with van der Waals surface area (Å²) in [5, 5.41) is 3.81. The van der Waals surface area contributed by atoms with Crippen LogP contribution in [-0.2, 0) is 11.2 Å². The topological polar surface area (TPSA) is 51.2 Å². The fourth-order valence-electron chi connectivity index (χ4n) is 4.11. The minimum absolute atomic E-state index is 0.0645. The maximum absolute atomic E-state index is 13.2. The number of halogens is 2. The Morgan fingerprint density at radius 2 is 1.87 bits per heavy atom. The van der Waals surface area contributed by atoms with Crippen LogP contribution in [-0.4, -0.2) is 85.0 Å². The number of likely N-dealkylation sites (tertiary alicyclic amines) is 1. The van der Waals surface area contributed by atoms with Crippen LogP contribution in [0.4, 0.5) is 4.39 Å². The molecule has 1 atom stereocenters. The van der Waals surface area contributed by atoms with Crippen molar-refractivity contribution in [3.8, 4) is 0 Å². The zero-order chi connectivity index (χ0) is 21.5. The summed E-state index contributed by atoms with van der Waals surface area (Å²) in [6, 6.07) is 4.43. The van der Waals surface area contributed by atoms with Gasteiger partial charge in [0.05, 0.1) is 6.04 Å². The maximum Gasteiger partial charge on any atom is 0.239 e. The number of rotatable bonds is 6. The molecule has 2 fully saturated rings. The van der Waals surface area contributed by atoms with Gasteiger partial charge in [-0.15, -0.1) is 0 Å². The minimum atomic E-state index is -0.323. The number of piperazine rings is 1. The number of carbonyl (C=O) groups excluding carboxylic acids is 1. The largest absolute Gasteiger partial charge is 0.357 e. The molecule has 1 aromatic rings. The third-order valence-corrected chi connectivity index (χ3v) is 6.28. The first-order valence-electron chi connectivity index (χ1n) is 11.0. The Morgan fingerprint density at radius 1 is 1.17 bits per heavy atom. The van der Waals surface area contributed by atoms with E-state index in [4.69, 9.17) is 16.6 Å². The molecule has 8 heteroatoms. The highest BCUT2D eigenvalue weighted by Crippen LogP contribution is 2.18. The third-order valence-electron chi connectivity index (χ3n) is 5.93. The van der Waals surface area contributed by atoms with E-state index in [1.165, 1.54) is 12.1 Å². The van der Waals surface area contributed by atoms with E-state index >= 15 is 0 Å². The second kappa shape index (κ2) is 11.0. The van der Waals surface area contributed by atoms with Crippen LogP contribution in [0.2, 0.25) is 5.02 Å². The molecule has 0 spiro atoms. The Morgan fingerprint density at radius 3 is 2.50 bits per heavy atom. The Bertz CT molecular complexity index is 745. The van der Waals surface area contributed by atoms with Gasteiger partial charge in [0, 0.05) is 57.4 Å². The average Bonchev–Trinajstić information content (AvgIpc) is 3.28. The van der Waals surface area contributed by atoms with E-state index in [0.29, 0.717) is 18.0 Å². The smallest absolute Gasteiger partial charge is 0.239 e. The van der Waals surface area contributed by atoms with E-state index in [-0.39, 0.29) is 17.8 Å². The summed E-state index contributed by atoms with van der Waals surface area (Å²) in [6.07, 6.45) is 2.91. The van der Waals surface area contributed by atoms with Gasteiger partial charge in [0.2, 0.25) is 5.91 Å². The van der Waals surface area contributed by atoms with Gasteiger partial charge in [-0.1, -0.05) is 17.7 Å². The van der Waals surface area contributed by atoms with Crippen molar-refractivity contribution < 1.29 is 9.18 Å². The maximum atomic E-state index is 13.2. The normalized spacial score (nSPS) is 19.3. The van der Waals surface area contributed by atoms with Gasteiger partial charge < -0.3 is 15.1 Å². The highest BCUT2D eigenvalue weighted by Gasteiger charge is 2.30. The number of hydrogen-bond acceptors (Lipinski definition) is 3. The van der Waals surface area contributed by atoms with E-state index in [1.54, 1.807) is 6.07 Å². The van der Waals surface area contributed by atoms with E-state index in [9.17, 15) is 9.18 Å². The molecule has 2 heterocycles. The van der Waals surface area contributed by atoms with Crippen molar-refractivity contribution in [1.29, 1.82) is 0 Å². The summed E-state index contributed by atoms with van der Waals surface area (Å²) in [5.74, 6) is 0.822. The standard InChI is InChI=1S/C22H33ClFN5O/c1-3-25-22(26-9-8-18-6-7-19(24)16-20(18)23)29-14-12-27(13-15-29)17(2)21(30)28-10-4-5-11-28/h6-7,16-17H,3-5,8-15H2,1-2H3,(H,25,26). The van der Waals surface area contributed by atoms with Crippen LogP contribution in [0.3, 0.4) is 0 Å². The van der Waals surface area contributed by atoms with Gasteiger partial charge in [0.25, 0.3) is 0 Å². The van der Waals surface area contributed by atoms with Gasteiger partial charge in [-0.25, -0.2) is 4.39 Å². The zero-order valence-corrected chi connectivity index (χ0v) is 18.8. The minimum Gasteiger partial charge on any atom is -0.357 e. The lowest BCUT2D eigenvalue weighted by molar-refractivity contribution is -0.135. The quantitative estimate of drug-likeness (QED) is 0.549. The molecule has 0 aromatic heterocycles. The van der Waals surface area contributed by atoms with Crippen molar-refractivity contribution in [2.24, 2.45) is 4.99 Å². The summed E-state index contributed by atoms with van der Waals surface area (Å²) in [6.45, 7) is 10.6. The molecule has 2 aliphatic heterocycles. The lowest BCUT2D eigenvalue weighted by Gasteiger charge is -2.39. The molecule has 6 nitrogen and oxygen atoms in total. The van der Waals surface area contributed by atoms with Gasteiger partial charge in [-0.3, -0.25) is 14.7 Å². The van der Waals surface area contributed by atoms with Crippen LogP contribution in [0.15, 0.2) is 23.2 Å². The first-order chi connectivity index (χ1) is 14.5. The van der Waals surface area contributed by atoms with Crippen LogP contribution in [0, 0.1) is 5.82 Å². The molecule has 1 unspecified atom stereocenters. The van der Waals surface area contributed by atoms with E-state index in [2.05, 4.69) is 22.0 Å². The molecule has 0 saturated carbocycles. The number of aliphatic imine (C=N–C) groups is 1. The molecule has 30 heavy (non-hydrogen) atoms. The van der Waals surface area contributed by atoms with E-state index in [1.807, 2.05) is 11.8 Å². The van der Waals surface area contributed by atoms with Crippen molar-refractivity contribution >= 4 is 23.5 Å². The van der Waals surface area contributed by atoms with Gasteiger partial charge in [-0.2, -0.15) is 0 Å². The van der Waals surface area contributed by atoms with Crippen molar-refractivity contribution in [2.45, 2.75) is 39.2 Å². The molecule has 2 saturated heterocycles. The Hall–Kier alpha value is -1.86. The van der Waals surface area contributed by atoms with Gasteiger partial charge in [0.15, 0.2) is 5.96 Å². The van der Waals surface area contributed by atoms with Crippen LogP contribution < -0.4 is 5.32 Å². The Labute approximate surface area is 184 Å². The SMILES string of the molecule is CCNC(=NCCc1ccc(F)cc1Cl)N1CCN(C(C)C(=O)N2CCCC2)CC1. The monoisotopic (exact) mass is 437 g/mol. The number of nitrogens with one attached hydrogen (secondary N) is 1. The molecule has 166 valence electrons. The lowest BCUT2D eigenvalue weighted by Crippen LogP contribution is -2.57. The second-order valence-corrected chi connectivity index (χ2v) is 8.36. The Kier molecular flexibility index (Phi) is 8.33. The second-order valence-electron chi connectivity index (χ2n) is 7.95. The van der Waals surface area contributed by atoms with Gasteiger partial charge in [0.1, 0.15) is 5.82 Å². The molecule has 1 N–H and O–H groups in total. The highest BCUT2D eigenvalue weighted by molar-refractivity contribution is 6.31. The summed E-state index contributed by atoms with van der Waals surface area (Å²) >= 11 is 6.12. The first-order valence-corrected chi connectivity index (χ1v) is 11.4. The molecule has 0 radical (unpaired) electrons. The number of hydrogen-bond donors (Lipinski definition) is 1. The lowest BCUT2D eigenvalue weighted by atomic mass is 10.1. The molecule has 2 aliphatic rings. The predicted octanol–water partition coefficient (Wildman–Crippen LogP) is 2.62. The number of amides is 1. The molecule has 0 aliphatic carbocycles. The number of benzene rings is 1. The van der Waals surface area contributed by atoms with Crippen molar-refractivity contribution in [2.75, 3.05) is 52.4 Å². The fourth-order valence-corrected chi connectivity index (χ4v) is 4.37. The van der Waals surface area contributed by atoms with Crippen molar-refractivity contribution in [3.63, 3.8) is 0 Å². The summed E-state index contributed by atoms with van der Waals surface area (Å²) in [5.41, 5.74) is 0.900. The van der Waals surface area contributed by atoms with Crippen LogP contribution in [0.5, 0.6) is 0 Å². The zero-order valence-electron chi connectivity index (χ0n) is 18.0. The fraction of sp³-hybridized carbons (Fsp3) is 0.636.